The molecule has 0 spiro atoms. The van der Waals surface area contributed by atoms with Gasteiger partial charge in [0, 0.05) is 12.6 Å². The first-order valence-corrected chi connectivity index (χ1v) is 10.5. The van der Waals surface area contributed by atoms with Crippen molar-refractivity contribution in [2.75, 3.05) is 7.05 Å². The first-order valence-electron chi connectivity index (χ1n) is 10.5. The predicted molar refractivity (Wildman–Crippen MR) is 116 cm³/mol. The van der Waals surface area contributed by atoms with Gasteiger partial charge in [-0.1, -0.05) is 57.5 Å². The Morgan fingerprint density at radius 3 is 2.43 bits per heavy atom. The minimum atomic E-state index is -0.806. The van der Waals surface area contributed by atoms with Crippen LogP contribution < -0.4 is 5.32 Å². The highest BCUT2D eigenvalue weighted by molar-refractivity contribution is 6.07. The molecule has 1 unspecified atom stereocenters. The van der Waals surface area contributed by atoms with Crippen LogP contribution in [-0.2, 0) is 9.53 Å². The molecule has 0 bridgehead atoms. The Hall–Kier alpha value is -2.88. The molecule has 0 radical (unpaired) electrons. The highest BCUT2D eigenvalue weighted by Crippen LogP contribution is 2.24. The minimum Gasteiger partial charge on any atom is -0.446 e. The second-order valence-corrected chi connectivity index (χ2v) is 8.91. The number of ether oxygens (including phenoxy) is 1. The Bertz CT molecular complexity index is 787. The highest BCUT2D eigenvalue weighted by Gasteiger charge is 2.28. The molecule has 7 nitrogen and oxygen atoms in total. The number of nitrogens with zero attached hydrogens (tertiary/aromatic N) is 3. The van der Waals surface area contributed by atoms with Crippen LogP contribution in [0.4, 0.5) is 4.79 Å². The van der Waals surface area contributed by atoms with E-state index in [2.05, 4.69) is 10.3 Å². The number of carbonyl (C=O) groups is 2. The van der Waals surface area contributed by atoms with Gasteiger partial charge >= 0.3 is 6.09 Å². The minimum absolute atomic E-state index is 0.0903. The molecule has 0 aliphatic heterocycles. The molecule has 1 fully saturated rings. The second-order valence-electron chi connectivity index (χ2n) is 8.91. The predicted octanol–water partition coefficient (Wildman–Crippen LogP) is 4.24. The normalized spacial score (nSPS) is 16.3. The summed E-state index contributed by atoms with van der Waals surface area (Å²) < 4.78 is 5.58. The number of alkyl carbamates (subject to hydrolysis) is 1. The summed E-state index contributed by atoms with van der Waals surface area (Å²) in [5.41, 5.74) is 0.467. The van der Waals surface area contributed by atoms with Crippen molar-refractivity contribution in [3.8, 4) is 6.19 Å². The lowest BCUT2D eigenvalue weighted by molar-refractivity contribution is -0.129. The molecule has 7 heteroatoms. The van der Waals surface area contributed by atoms with E-state index in [1.165, 1.54) is 13.5 Å². The fraction of sp³-hybridized carbons (Fsp3) is 0.565. The summed E-state index contributed by atoms with van der Waals surface area (Å²) >= 11 is 0. The van der Waals surface area contributed by atoms with Gasteiger partial charge in [0.2, 0.25) is 0 Å². The number of nitriles is 1. The monoisotopic (exact) mass is 412 g/mol. The number of likely N-dealkylation sites (N-methyl/N-ethyl adjacent to an activating group) is 1. The maximum absolute atomic E-state index is 12.8. The Balaban J connectivity index is 2.30. The lowest BCUT2D eigenvalue weighted by Crippen LogP contribution is -2.39. The summed E-state index contributed by atoms with van der Waals surface area (Å²) in [4.78, 5) is 30.9. The molecule has 1 aromatic carbocycles. The molecule has 1 atom stereocenters. The summed E-state index contributed by atoms with van der Waals surface area (Å²) in [6.07, 6.45) is 6.61. The van der Waals surface area contributed by atoms with Crippen molar-refractivity contribution in [2.24, 2.45) is 10.4 Å². The van der Waals surface area contributed by atoms with Crippen LogP contribution in [0.5, 0.6) is 0 Å². The topological polar surface area (TPSA) is 94.8 Å². The van der Waals surface area contributed by atoms with Gasteiger partial charge in [-0.3, -0.25) is 20.0 Å². The Kier molecular flexibility index (Phi) is 8.40. The van der Waals surface area contributed by atoms with Crippen LogP contribution in [0, 0.1) is 16.9 Å². The van der Waals surface area contributed by atoms with Crippen molar-refractivity contribution in [1.82, 2.24) is 10.2 Å². The van der Waals surface area contributed by atoms with Gasteiger partial charge in [0.05, 0.1) is 0 Å². The van der Waals surface area contributed by atoms with Crippen molar-refractivity contribution in [1.29, 1.82) is 5.26 Å². The van der Waals surface area contributed by atoms with Crippen LogP contribution in [0.2, 0.25) is 0 Å². The first-order chi connectivity index (χ1) is 14.2. The molecule has 1 N–H and O–H groups in total. The zero-order valence-electron chi connectivity index (χ0n) is 18.4. The van der Waals surface area contributed by atoms with Crippen LogP contribution in [0.15, 0.2) is 35.3 Å². The Morgan fingerprint density at radius 2 is 1.87 bits per heavy atom. The molecule has 1 aromatic rings. The molecule has 1 saturated carbocycles. The van der Waals surface area contributed by atoms with E-state index in [0.29, 0.717) is 12.0 Å². The Morgan fingerprint density at radius 1 is 1.23 bits per heavy atom. The van der Waals surface area contributed by atoms with E-state index >= 15 is 0 Å². The van der Waals surface area contributed by atoms with Gasteiger partial charge in [0.15, 0.2) is 6.19 Å². The third-order valence-corrected chi connectivity index (χ3v) is 4.95. The SMILES string of the molecule is CN(C#N)C(=O)C(CC(C)(C)C)N=C(NC(=O)OC1CCCCC1)c1ccccc1. The number of amidine groups is 1. The molecule has 2 rings (SSSR count). The van der Waals surface area contributed by atoms with E-state index in [4.69, 9.17) is 10.00 Å². The van der Waals surface area contributed by atoms with Crippen LogP contribution in [-0.4, -0.2) is 41.9 Å². The maximum Gasteiger partial charge on any atom is 0.413 e. The number of hydrogen-bond acceptors (Lipinski definition) is 5. The smallest absolute Gasteiger partial charge is 0.413 e. The van der Waals surface area contributed by atoms with Crippen molar-refractivity contribution >= 4 is 17.8 Å². The first kappa shape index (κ1) is 23.4. The standard InChI is InChI=1S/C23H32N4O3/c1-23(2,3)15-19(21(28)27(4)16-24)25-20(17-11-7-5-8-12-17)26-22(29)30-18-13-9-6-10-14-18/h5,7-8,11-12,18-19H,6,9-10,13-15H2,1-4H3,(H,25,26,29). The van der Waals surface area contributed by atoms with Gasteiger partial charge in [0.1, 0.15) is 18.0 Å². The van der Waals surface area contributed by atoms with Crippen LogP contribution in [0.3, 0.4) is 0 Å². The number of hydrogen-bond donors (Lipinski definition) is 1. The summed E-state index contributed by atoms with van der Waals surface area (Å²) in [6.45, 7) is 6.01. The number of carbonyl (C=O) groups excluding carboxylic acids is 2. The molecule has 162 valence electrons. The summed E-state index contributed by atoms with van der Waals surface area (Å²) in [5, 5.41) is 11.9. The molecule has 0 aromatic heterocycles. The third-order valence-electron chi connectivity index (χ3n) is 4.95. The van der Waals surface area contributed by atoms with Gasteiger partial charge in [-0.05, 0) is 37.5 Å². The van der Waals surface area contributed by atoms with Crippen LogP contribution >= 0.6 is 0 Å². The summed E-state index contributed by atoms with van der Waals surface area (Å²) in [7, 11) is 1.42. The molecular formula is C23H32N4O3. The number of aliphatic imine (C=N–C) groups is 1. The van der Waals surface area contributed by atoms with E-state index in [1.807, 2.05) is 57.3 Å². The molecule has 0 heterocycles. The number of nitrogens with one attached hydrogen (secondary N) is 1. The van der Waals surface area contributed by atoms with Gasteiger partial charge in [0.25, 0.3) is 5.91 Å². The molecule has 1 aliphatic rings. The molecule has 30 heavy (non-hydrogen) atoms. The summed E-state index contributed by atoms with van der Waals surface area (Å²) in [6, 6.07) is 8.35. The molecule has 2 amide bonds. The van der Waals surface area contributed by atoms with E-state index < -0.39 is 18.0 Å². The van der Waals surface area contributed by atoms with E-state index in [9.17, 15) is 9.59 Å². The zero-order valence-corrected chi connectivity index (χ0v) is 18.4. The quantitative estimate of drug-likeness (QED) is 0.339. The second kappa shape index (κ2) is 10.8. The number of benzene rings is 1. The summed E-state index contributed by atoms with van der Waals surface area (Å²) in [5.74, 6) is -0.145. The van der Waals surface area contributed by atoms with Crippen LogP contribution in [0.1, 0.15) is 64.9 Å². The van der Waals surface area contributed by atoms with Gasteiger partial charge < -0.3 is 4.74 Å². The van der Waals surface area contributed by atoms with E-state index in [0.717, 1.165) is 30.6 Å². The lowest BCUT2D eigenvalue weighted by Gasteiger charge is -2.25. The third kappa shape index (κ3) is 7.51. The maximum atomic E-state index is 12.8. The fourth-order valence-electron chi connectivity index (χ4n) is 3.43. The van der Waals surface area contributed by atoms with Crippen molar-refractivity contribution in [3.63, 3.8) is 0 Å². The molecular weight excluding hydrogens is 380 g/mol. The number of amides is 2. The largest absolute Gasteiger partial charge is 0.446 e. The van der Waals surface area contributed by atoms with Gasteiger partial charge in [-0.25, -0.2) is 4.79 Å². The van der Waals surface area contributed by atoms with Crippen molar-refractivity contribution < 1.29 is 14.3 Å². The average molecular weight is 413 g/mol. The Labute approximate surface area is 179 Å². The van der Waals surface area contributed by atoms with Crippen molar-refractivity contribution in [2.45, 2.75) is 71.4 Å². The van der Waals surface area contributed by atoms with E-state index in [1.54, 1.807) is 0 Å². The zero-order chi connectivity index (χ0) is 22.1. The number of rotatable bonds is 5. The average Bonchev–Trinajstić information content (AvgIpc) is 2.72. The highest BCUT2D eigenvalue weighted by atomic mass is 16.6. The van der Waals surface area contributed by atoms with Crippen LogP contribution in [0.25, 0.3) is 0 Å². The lowest BCUT2D eigenvalue weighted by atomic mass is 9.88. The van der Waals surface area contributed by atoms with E-state index in [-0.39, 0.29) is 17.4 Å². The van der Waals surface area contributed by atoms with Gasteiger partial charge in [-0.15, -0.1) is 0 Å². The molecule has 0 saturated heterocycles. The van der Waals surface area contributed by atoms with Crippen molar-refractivity contribution in [3.05, 3.63) is 35.9 Å². The fourth-order valence-corrected chi connectivity index (χ4v) is 3.43. The van der Waals surface area contributed by atoms with Gasteiger partial charge in [-0.2, -0.15) is 5.26 Å². The molecule has 1 aliphatic carbocycles.